The van der Waals surface area contributed by atoms with Crippen molar-refractivity contribution in [2.75, 3.05) is 12.3 Å². The fourth-order valence-electron chi connectivity index (χ4n) is 2.85. The zero-order valence-corrected chi connectivity index (χ0v) is 14.0. The van der Waals surface area contributed by atoms with Gasteiger partial charge < -0.3 is 5.73 Å². The molecule has 1 fully saturated rings. The number of hydrogen-bond acceptors (Lipinski definition) is 3. The highest BCUT2D eigenvalue weighted by molar-refractivity contribution is 7.89. The van der Waals surface area contributed by atoms with Gasteiger partial charge in [0.05, 0.1) is 4.90 Å². The van der Waals surface area contributed by atoms with Crippen molar-refractivity contribution in [2.24, 2.45) is 5.41 Å². The lowest BCUT2D eigenvalue weighted by atomic mass is 9.71. The van der Waals surface area contributed by atoms with Crippen LogP contribution in [0.4, 0.5) is 5.69 Å². The summed E-state index contributed by atoms with van der Waals surface area (Å²) in [5.41, 5.74) is 8.41. The third-order valence-corrected chi connectivity index (χ3v) is 6.07. The molecule has 1 aliphatic carbocycles. The molecule has 0 amide bonds. The molecule has 1 aromatic rings. The lowest BCUT2D eigenvalue weighted by Crippen LogP contribution is -2.40. The van der Waals surface area contributed by atoms with Crippen LogP contribution in [0.2, 0.25) is 0 Å². The van der Waals surface area contributed by atoms with Crippen molar-refractivity contribution >= 4 is 15.7 Å². The van der Waals surface area contributed by atoms with E-state index in [2.05, 4.69) is 11.6 Å². The van der Waals surface area contributed by atoms with Crippen LogP contribution in [0.3, 0.4) is 0 Å². The van der Waals surface area contributed by atoms with Gasteiger partial charge in [-0.3, -0.25) is 0 Å². The molecule has 1 aromatic carbocycles. The zero-order valence-electron chi connectivity index (χ0n) is 13.2. The van der Waals surface area contributed by atoms with Crippen molar-refractivity contribution < 1.29 is 8.42 Å². The highest BCUT2D eigenvalue weighted by Crippen LogP contribution is 2.39. The van der Waals surface area contributed by atoms with Gasteiger partial charge in [-0.15, -0.1) is 0 Å². The third-order valence-electron chi connectivity index (χ3n) is 4.60. The minimum absolute atomic E-state index is 0.118. The normalized spacial score (nSPS) is 17.5. The molecule has 0 unspecified atom stereocenters. The van der Waals surface area contributed by atoms with E-state index in [9.17, 15) is 8.42 Å². The standard InChI is InChI=1S/C16H26N2O2S/c1-4-12-9-14(17)13(5-2)15(10-12)21(19,20)18-11-16(3)7-6-8-16/h9-10,18H,4-8,11,17H2,1-3H3. The predicted molar refractivity (Wildman–Crippen MR) is 86.8 cm³/mol. The highest BCUT2D eigenvalue weighted by atomic mass is 32.2. The number of aryl methyl sites for hydroxylation is 1. The first-order valence-corrected chi connectivity index (χ1v) is 9.20. The van der Waals surface area contributed by atoms with E-state index in [1.54, 1.807) is 6.07 Å². The minimum atomic E-state index is -3.50. The second-order valence-corrected chi connectivity index (χ2v) is 8.09. The molecule has 2 rings (SSSR count). The van der Waals surface area contributed by atoms with Crippen LogP contribution >= 0.6 is 0 Å². The summed E-state index contributed by atoms with van der Waals surface area (Å²) in [4.78, 5) is 0.352. The fraction of sp³-hybridized carbons (Fsp3) is 0.625. The Hall–Kier alpha value is -1.07. The average Bonchev–Trinajstić information content (AvgIpc) is 2.42. The molecule has 0 aromatic heterocycles. The monoisotopic (exact) mass is 310 g/mol. The second kappa shape index (κ2) is 5.97. The number of nitrogens with one attached hydrogen (secondary N) is 1. The van der Waals surface area contributed by atoms with Gasteiger partial charge in [-0.25, -0.2) is 13.1 Å². The molecule has 0 bridgehead atoms. The van der Waals surface area contributed by atoms with Crippen LogP contribution in [0.1, 0.15) is 51.2 Å². The Morgan fingerprint density at radius 1 is 1.24 bits per heavy atom. The van der Waals surface area contributed by atoms with Crippen molar-refractivity contribution in [2.45, 2.75) is 57.8 Å². The molecule has 1 saturated carbocycles. The first-order chi connectivity index (χ1) is 9.81. The van der Waals surface area contributed by atoms with Crippen molar-refractivity contribution in [1.82, 2.24) is 4.72 Å². The summed E-state index contributed by atoms with van der Waals surface area (Å²) in [7, 11) is -3.50. The molecule has 1 aliphatic rings. The number of nitrogens with two attached hydrogens (primary N) is 1. The summed E-state index contributed by atoms with van der Waals surface area (Å²) in [6.07, 6.45) is 4.76. The Morgan fingerprint density at radius 2 is 1.90 bits per heavy atom. The van der Waals surface area contributed by atoms with Gasteiger partial charge in [0.15, 0.2) is 0 Å². The molecule has 3 N–H and O–H groups in total. The largest absolute Gasteiger partial charge is 0.398 e. The van der Waals surface area contributed by atoms with E-state index in [1.165, 1.54) is 6.42 Å². The smallest absolute Gasteiger partial charge is 0.240 e. The molecule has 0 saturated heterocycles. The van der Waals surface area contributed by atoms with Crippen LogP contribution in [-0.2, 0) is 22.9 Å². The van der Waals surface area contributed by atoms with Crippen LogP contribution in [0.15, 0.2) is 17.0 Å². The third kappa shape index (κ3) is 3.40. The van der Waals surface area contributed by atoms with Crippen molar-refractivity contribution in [3.8, 4) is 0 Å². The van der Waals surface area contributed by atoms with Crippen LogP contribution < -0.4 is 10.5 Å². The number of benzene rings is 1. The van der Waals surface area contributed by atoms with Crippen LogP contribution in [0.5, 0.6) is 0 Å². The number of hydrogen-bond donors (Lipinski definition) is 2. The Kier molecular flexibility index (Phi) is 4.63. The van der Waals surface area contributed by atoms with E-state index >= 15 is 0 Å². The van der Waals surface area contributed by atoms with Gasteiger partial charge in [0.1, 0.15) is 0 Å². The first kappa shape index (κ1) is 16.3. The molecular weight excluding hydrogens is 284 g/mol. The molecule has 0 aliphatic heterocycles. The molecule has 118 valence electrons. The lowest BCUT2D eigenvalue weighted by molar-refractivity contribution is 0.166. The average molecular weight is 310 g/mol. The van der Waals surface area contributed by atoms with Gasteiger partial charge in [0, 0.05) is 12.2 Å². The van der Waals surface area contributed by atoms with E-state index in [0.717, 1.165) is 30.4 Å². The topological polar surface area (TPSA) is 72.2 Å². The summed E-state index contributed by atoms with van der Waals surface area (Å²) in [5, 5.41) is 0. The second-order valence-electron chi connectivity index (χ2n) is 6.36. The molecule has 0 atom stereocenters. The van der Waals surface area contributed by atoms with Crippen molar-refractivity contribution in [3.05, 3.63) is 23.3 Å². The van der Waals surface area contributed by atoms with Crippen LogP contribution in [0, 0.1) is 5.41 Å². The summed E-state index contributed by atoms with van der Waals surface area (Å²) < 4.78 is 28.1. The lowest BCUT2D eigenvalue weighted by Gasteiger charge is -2.38. The maximum atomic E-state index is 12.7. The van der Waals surface area contributed by atoms with Gasteiger partial charge in [-0.2, -0.15) is 0 Å². The molecule has 0 spiro atoms. The van der Waals surface area contributed by atoms with Gasteiger partial charge in [0.2, 0.25) is 10.0 Å². The van der Waals surface area contributed by atoms with Crippen LogP contribution in [0.25, 0.3) is 0 Å². The fourth-order valence-corrected chi connectivity index (χ4v) is 4.44. The number of nitrogen functional groups attached to an aromatic ring is 1. The molecule has 4 nitrogen and oxygen atoms in total. The minimum Gasteiger partial charge on any atom is -0.398 e. The van der Waals surface area contributed by atoms with Gasteiger partial charge >= 0.3 is 0 Å². The predicted octanol–water partition coefficient (Wildman–Crippen LogP) is 2.86. The van der Waals surface area contributed by atoms with Crippen LogP contribution in [-0.4, -0.2) is 15.0 Å². The zero-order chi connectivity index (χ0) is 15.7. The SMILES string of the molecule is CCc1cc(N)c(CC)c(S(=O)(=O)NCC2(C)CCC2)c1. The van der Waals surface area contributed by atoms with E-state index in [-0.39, 0.29) is 5.41 Å². The molecule has 5 heteroatoms. The number of anilines is 1. The Balaban J connectivity index is 2.31. The summed E-state index contributed by atoms with van der Waals surface area (Å²) >= 11 is 0. The molecular formula is C16H26N2O2S. The van der Waals surface area contributed by atoms with Crippen molar-refractivity contribution in [3.63, 3.8) is 0 Å². The Labute approximate surface area is 128 Å². The molecule has 0 radical (unpaired) electrons. The quantitative estimate of drug-likeness (QED) is 0.794. The van der Waals surface area contributed by atoms with Gasteiger partial charge in [-0.1, -0.05) is 27.2 Å². The molecule has 21 heavy (non-hydrogen) atoms. The van der Waals surface area contributed by atoms with E-state index in [0.29, 0.717) is 23.5 Å². The van der Waals surface area contributed by atoms with E-state index in [1.807, 2.05) is 19.9 Å². The number of sulfonamides is 1. The summed E-state index contributed by atoms with van der Waals surface area (Å²) in [6.45, 7) is 6.58. The molecule has 0 heterocycles. The summed E-state index contributed by atoms with van der Waals surface area (Å²) in [5.74, 6) is 0. The number of rotatable bonds is 6. The highest BCUT2D eigenvalue weighted by Gasteiger charge is 2.33. The van der Waals surface area contributed by atoms with E-state index < -0.39 is 10.0 Å². The Morgan fingerprint density at radius 3 is 2.38 bits per heavy atom. The van der Waals surface area contributed by atoms with Gasteiger partial charge in [0.25, 0.3) is 0 Å². The van der Waals surface area contributed by atoms with E-state index in [4.69, 9.17) is 5.73 Å². The van der Waals surface area contributed by atoms with Gasteiger partial charge in [-0.05, 0) is 54.4 Å². The van der Waals surface area contributed by atoms with Crippen molar-refractivity contribution in [1.29, 1.82) is 0 Å². The maximum Gasteiger partial charge on any atom is 0.240 e. The maximum absolute atomic E-state index is 12.7. The Bertz CT molecular complexity index is 619. The summed E-state index contributed by atoms with van der Waals surface area (Å²) in [6, 6.07) is 3.64. The first-order valence-electron chi connectivity index (χ1n) is 7.72.